The highest BCUT2D eigenvalue weighted by atomic mass is 31.2. The fourth-order valence-electron chi connectivity index (χ4n) is 3.33. The Morgan fingerprint density at radius 2 is 1.36 bits per heavy atom. The molecule has 1 aliphatic rings. The lowest BCUT2D eigenvalue weighted by atomic mass is 10.2. The molecule has 0 amide bonds. The lowest BCUT2D eigenvalue weighted by molar-refractivity contribution is -0.0211. The van der Waals surface area contributed by atoms with Crippen LogP contribution >= 0.6 is 8.60 Å². The minimum Gasteiger partial charge on any atom is -0.497 e. The number of nitrogens with one attached hydrogen (secondary N) is 1. The van der Waals surface area contributed by atoms with E-state index in [0.717, 1.165) is 0 Å². The maximum absolute atomic E-state index is 12.0. The van der Waals surface area contributed by atoms with Gasteiger partial charge in [-0.3, -0.25) is 23.3 Å². The monoisotopic (exact) mass is 574 g/mol. The molecular weight excluding hydrogens is 544 g/mol. The smallest absolute Gasteiger partial charge is 0.463 e. The lowest BCUT2D eigenvalue weighted by Crippen LogP contribution is -2.31. The van der Waals surface area contributed by atoms with Gasteiger partial charge in [-0.05, 0) is 61.4 Å². The average molecular weight is 574 g/mol. The molecule has 4 rings (SSSR count). The average Bonchev–Trinajstić information content (AvgIpc) is 3.43. The van der Waals surface area contributed by atoms with E-state index in [2.05, 4.69) is 4.98 Å². The third kappa shape index (κ3) is 10.3. The summed E-state index contributed by atoms with van der Waals surface area (Å²) in [7, 11) is 1.87. The number of nitrogens with zero attached hydrogens (tertiary/aromatic N) is 1. The van der Waals surface area contributed by atoms with Crippen LogP contribution in [0.2, 0.25) is 0 Å². The Morgan fingerprint density at radius 3 is 1.82 bits per heavy atom. The van der Waals surface area contributed by atoms with E-state index in [0.29, 0.717) is 43.0 Å². The number of hydrogen-bond donors (Lipinski definition) is 1. The zero-order valence-electron chi connectivity index (χ0n) is 21.6. The number of ether oxygens (including phenoxy) is 3. The van der Waals surface area contributed by atoms with Crippen LogP contribution in [0.25, 0.3) is 0 Å². The summed E-state index contributed by atoms with van der Waals surface area (Å²) in [4.78, 5) is 25.6. The maximum atomic E-state index is 12.0. The zero-order chi connectivity index (χ0) is 28.6. The molecule has 1 N–H and O–H groups in total. The van der Waals surface area contributed by atoms with Gasteiger partial charge in [0.15, 0.2) is 0 Å². The van der Waals surface area contributed by atoms with Crippen molar-refractivity contribution in [1.29, 1.82) is 0 Å². The van der Waals surface area contributed by atoms with Gasteiger partial charge in [-0.15, -0.1) is 0 Å². The molecule has 0 radical (unpaired) electrons. The molecule has 14 heteroatoms. The second kappa shape index (κ2) is 17.1. The molecule has 10 nitrogen and oxygen atoms in total. The first-order valence-corrected chi connectivity index (χ1v) is 12.6. The quantitative estimate of drug-likeness (QED) is 0.333. The molecule has 2 heterocycles. The van der Waals surface area contributed by atoms with Crippen molar-refractivity contribution in [2.24, 2.45) is 0 Å². The van der Waals surface area contributed by atoms with Crippen LogP contribution in [0, 0.1) is 0 Å². The molecular formula is C25H30F3N2O8P. The third-order valence-electron chi connectivity index (χ3n) is 5.09. The van der Waals surface area contributed by atoms with E-state index >= 15 is 0 Å². The highest BCUT2D eigenvalue weighted by Crippen LogP contribution is 2.43. The molecule has 214 valence electrons. The summed E-state index contributed by atoms with van der Waals surface area (Å²) in [6.07, 6.45) is 1.96. The van der Waals surface area contributed by atoms with Gasteiger partial charge in [-0.25, -0.2) is 13.6 Å². The predicted molar refractivity (Wildman–Crippen MR) is 139 cm³/mol. The van der Waals surface area contributed by atoms with Crippen molar-refractivity contribution >= 4 is 8.60 Å². The van der Waals surface area contributed by atoms with Gasteiger partial charge in [-0.2, -0.15) is 0 Å². The number of H-pyrrole nitrogens is 1. The van der Waals surface area contributed by atoms with E-state index in [1.54, 1.807) is 62.8 Å². The zero-order valence-corrected chi connectivity index (χ0v) is 22.4. The molecule has 1 aliphatic heterocycles. The van der Waals surface area contributed by atoms with E-state index in [9.17, 15) is 22.8 Å². The number of aromatic amines is 1. The minimum absolute atomic E-state index is 0.201. The van der Waals surface area contributed by atoms with Crippen LogP contribution in [0.1, 0.15) is 19.1 Å². The van der Waals surface area contributed by atoms with E-state index in [-0.39, 0.29) is 12.7 Å². The second-order valence-corrected chi connectivity index (χ2v) is 8.53. The van der Waals surface area contributed by atoms with Crippen LogP contribution in [-0.4, -0.2) is 50.6 Å². The van der Waals surface area contributed by atoms with Crippen molar-refractivity contribution < 1.29 is 41.0 Å². The highest BCUT2D eigenvalue weighted by Gasteiger charge is 2.29. The van der Waals surface area contributed by atoms with Gasteiger partial charge in [0, 0.05) is 12.3 Å². The Bertz CT molecular complexity index is 1160. The lowest BCUT2D eigenvalue weighted by Gasteiger charge is -2.20. The summed E-state index contributed by atoms with van der Waals surface area (Å²) in [5, 5.41) is 0. The van der Waals surface area contributed by atoms with Crippen LogP contribution in [0.5, 0.6) is 23.0 Å². The van der Waals surface area contributed by atoms with Crippen LogP contribution in [0.4, 0.5) is 13.2 Å². The van der Waals surface area contributed by atoms with E-state index in [4.69, 9.17) is 27.8 Å². The predicted octanol–water partition coefficient (Wildman–Crippen LogP) is 5.10. The van der Waals surface area contributed by atoms with Gasteiger partial charge < -0.3 is 23.3 Å². The SMILES string of the molecule is CF.COc1ccc(OP(OCC2CCC(n3ccc(=O)[nH]c3=O)O2)Oc2ccc(OC)cc2)cc1.FCF. The summed E-state index contributed by atoms with van der Waals surface area (Å²) < 4.78 is 64.3. The summed E-state index contributed by atoms with van der Waals surface area (Å²) in [6, 6.07) is 15.5. The van der Waals surface area contributed by atoms with Crippen molar-refractivity contribution in [3.05, 3.63) is 81.6 Å². The standard InChI is InChI=1S/C23H25N2O8P.CH2F2.CH3F/c1-28-16-3-7-18(8-4-16)32-34(33-19-9-5-17(29-2)6-10-19)30-15-20-11-12-22(31-20)25-14-13-21(26)24-23(25)27;2-1-3;1-2/h3-10,13-14,20,22H,11-12,15H2,1-2H3,(H,24,26,27);1H2;1H3. The highest BCUT2D eigenvalue weighted by molar-refractivity contribution is 7.42. The molecule has 2 atom stereocenters. The first kappa shape index (κ1) is 31.7. The molecule has 0 bridgehead atoms. The number of hydrogen-bond acceptors (Lipinski definition) is 8. The molecule has 2 unspecified atom stereocenters. The fraction of sp³-hybridized carbons (Fsp3) is 0.360. The number of methoxy groups -OCH3 is 2. The Morgan fingerprint density at radius 1 is 0.872 bits per heavy atom. The number of alkyl halides is 3. The third-order valence-corrected chi connectivity index (χ3v) is 6.17. The summed E-state index contributed by atoms with van der Waals surface area (Å²) in [5.41, 5.74) is -0.955. The molecule has 1 fully saturated rings. The molecule has 0 aliphatic carbocycles. The molecule has 1 aromatic heterocycles. The molecule has 1 saturated heterocycles. The van der Waals surface area contributed by atoms with Crippen molar-refractivity contribution in [3.63, 3.8) is 0 Å². The fourth-order valence-corrected chi connectivity index (χ4v) is 4.35. The van der Waals surface area contributed by atoms with Gasteiger partial charge in [-0.1, -0.05) is 0 Å². The molecule has 0 spiro atoms. The number of rotatable bonds is 10. The molecule has 3 aromatic rings. The van der Waals surface area contributed by atoms with Crippen molar-refractivity contribution in [2.75, 3.05) is 34.9 Å². The Kier molecular flexibility index (Phi) is 13.9. The van der Waals surface area contributed by atoms with Gasteiger partial charge in [0.05, 0.1) is 34.1 Å². The minimum atomic E-state index is -1.81. The first-order valence-electron chi connectivity index (χ1n) is 11.5. The van der Waals surface area contributed by atoms with Crippen molar-refractivity contribution in [1.82, 2.24) is 9.55 Å². The number of aromatic nitrogens is 2. The van der Waals surface area contributed by atoms with Gasteiger partial charge in [0.25, 0.3) is 5.56 Å². The van der Waals surface area contributed by atoms with Crippen LogP contribution in [0.3, 0.4) is 0 Å². The Balaban J connectivity index is 0.000000998. The van der Waals surface area contributed by atoms with Crippen LogP contribution in [0.15, 0.2) is 70.4 Å². The Labute approximate surface area is 224 Å². The van der Waals surface area contributed by atoms with E-state index < -0.39 is 33.0 Å². The van der Waals surface area contributed by atoms with Crippen molar-refractivity contribution in [3.8, 4) is 23.0 Å². The second-order valence-electron chi connectivity index (χ2n) is 7.46. The summed E-state index contributed by atoms with van der Waals surface area (Å²) in [5.74, 6) is 2.53. The molecule has 39 heavy (non-hydrogen) atoms. The molecule has 2 aromatic carbocycles. The topological polar surface area (TPSA) is 110 Å². The molecule has 0 saturated carbocycles. The maximum Gasteiger partial charge on any atom is 0.463 e. The van der Waals surface area contributed by atoms with E-state index in [1.807, 2.05) is 0 Å². The number of halogens is 3. The van der Waals surface area contributed by atoms with E-state index in [1.165, 1.54) is 16.8 Å². The van der Waals surface area contributed by atoms with Crippen LogP contribution in [-0.2, 0) is 9.26 Å². The van der Waals surface area contributed by atoms with Crippen LogP contribution < -0.4 is 29.8 Å². The number of benzene rings is 2. The van der Waals surface area contributed by atoms with Gasteiger partial charge >= 0.3 is 14.3 Å². The first-order chi connectivity index (χ1) is 18.9. The normalized spacial score (nSPS) is 15.9. The largest absolute Gasteiger partial charge is 0.497 e. The van der Waals surface area contributed by atoms with Gasteiger partial charge in [0.1, 0.15) is 29.2 Å². The summed E-state index contributed by atoms with van der Waals surface area (Å²) >= 11 is 0. The Hall–Kier alpha value is -3.54. The van der Waals surface area contributed by atoms with Gasteiger partial charge in [0.2, 0.25) is 6.93 Å². The summed E-state index contributed by atoms with van der Waals surface area (Å²) in [6.45, 7) is -1.55. The van der Waals surface area contributed by atoms with Crippen molar-refractivity contribution in [2.45, 2.75) is 25.2 Å².